The third kappa shape index (κ3) is 4.24. The molecule has 0 spiro atoms. The van der Waals surface area contributed by atoms with Crippen LogP contribution in [0.5, 0.6) is 0 Å². The minimum atomic E-state index is -3.36. The van der Waals surface area contributed by atoms with Gasteiger partial charge in [-0.25, -0.2) is 4.72 Å². The molecule has 1 aromatic rings. The lowest BCUT2D eigenvalue weighted by atomic mass is 9.99. The Morgan fingerprint density at radius 1 is 1.30 bits per heavy atom. The van der Waals surface area contributed by atoms with Crippen molar-refractivity contribution in [1.82, 2.24) is 14.0 Å². The summed E-state index contributed by atoms with van der Waals surface area (Å²) in [5, 5.41) is 0. The molecule has 0 atom stereocenters. The van der Waals surface area contributed by atoms with Crippen molar-refractivity contribution in [2.24, 2.45) is 11.7 Å². The second-order valence-corrected chi connectivity index (χ2v) is 6.84. The number of aromatic nitrogens is 1. The summed E-state index contributed by atoms with van der Waals surface area (Å²) < 4.78 is 28.5. The van der Waals surface area contributed by atoms with Gasteiger partial charge >= 0.3 is 0 Å². The molecule has 0 amide bonds. The second-order valence-electron chi connectivity index (χ2n) is 5.08. The third-order valence-electron chi connectivity index (χ3n) is 3.69. The van der Waals surface area contributed by atoms with E-state index in [1.807, 2.05) is 12.1 Å². The average molecular weight is 298 g/mol. The van der Waals surface area contributed by atoms with E-state index in [0.717, 1.165) is 18.4 Å². The molecule has 1 aliphatic heterocycles. The minimum absolute atomic E-state index is 0.406. The van der Waals surface area contributed by atoms with Gasteiger partial charge in [0, 0.05) is 32.0 Å². The Morgan fingerprint density at radius 3 is 2.55 bits per heavy atom. The smallest absolute Gasteiger partial charge is 0.279 e. The predicted molar refractivity (Wildman–Crippen MR) is 78.2 cm³/mol. The number of nitrogens with zero attached hydrogens (tertiary/aromatic N) is 2. The van der Waals surface area contributed by atoms with Gasteiger partial charge in [-0.15, -0.1) is 0 Å². The largest absolute Gasteiger partial charge is 0.330 e. The summed E-state index contributed by atoms with van der Waals surface area (Å²) >= 11 is 0. The van der Waals surface area contributed by atoms with Crippen LogP contribution in [0.25, 0.3) is 0 Å². The van der Waals surface area contributed by atoms with E-state index in [2.05, 4.69) is 9.71 Å². The number of piperidine rings is 1. The zero-order valence-electron chi connectivity index (χ0n) is 11.5. The number of nitrogens with one attached hydrogen (secondary N) is 1. The van der Waals surface area contributed by atoms with Gasteiger partial charge in [0.25, 0.3) is 10.2 Å². The van der Waals surface area contributed by atoms with Gasteiger partial charge in [0.05, 0.1) is 0 Å². The van der Waals surface area contributed by atoms with E-state index in [1.54, 1.807) is 12.4 Å². The normalized spacial score (nSPS) is 18.2. The summed E-state index contributed by atoms with van der Waals surface area (Å²) in [6.45, 7) is 2.17. The zero-order valence-corrected chi connectivity index (χ0v) is 12.3. The van der Waals surface area contributed by atoms with E-state index in [9.17, 15) is 8.42 Å². The Kier molecular flexibility index (Phi) is 5.47. The molecule has 2 rings (SSSR count). The molecule has 0 unspecified atom stereocenters. The number of nitrogens with two attached hydrogens (primary N) is 1. The molecule has 1 fully saturated rings. The van der Waals surface area contributed by atoms with Gasteiger partial charge in [0.15, 0.2) is 0 Å². The van der Waals surface area contributed by atoms with Crippen molar-refractivity contribution >= 4 is 10.2 Å². The summed E-state index contributed by atoms with van der Waals surface area (Å²) in [7, 11) is -3.36. The molecule has 112 valence electrons. The maximum Gasteiger partial charge on any atom is 0.279 e. The SMILES string of the molecule is NCC1CCN(S(=O)(=O)NCCc2ccncc2)CC1. The quantitative estimate of drug-likeness (QED) is 0.781. The number of pyridine rings is 1. The fourth-order valence-electron chi connectivity index (χ4n) is 2.35. The first-order chi connectivity index (χ1) is 9.62. The van der Waals surface area contributed by atoms with Crippen LogP contribution in [0.3, 0.4) is 0 Å². The summed E-state index contributed by atoms with van der Waals surface area (Å²) in [5.41, 5.74) is 6.69. The second kappa shape index (κ2) is 7.12. The highest BCUT2D eigenvalue weighted by molar-refractivity contribution is 7.87. The Bertz CT molecular complexity index is 498. The molecular formula is C13H22N4O2S. The lowest BCUT2D eigenvalue weighted by Gasteiger charge is -2.30. The molecule has 20 heavy (non-hydrogen) atoms. The van der Waals surface area contributed by atoms with Crippen molar-refractivity contribution in [3.8, 4) is 0 Å². The van der Waals surface area contributed by atoms with Crippen LogP contribution in [0, 0.1) is 5.92 Å². The van der Waals surface area contributed by atoms with Gasteiger partial charge in [-0.1, -0.05) is 0 Å². The Balaban J connectivity index is 1.79. The lowest BCUT2D eigenvalue weighted by molar-refractivity contribution is 0.276. The summed E-state index contributed by atoms with van der Waals surface area (Å²) in [5.74, 6) is 0.457. The van der Waals surface area contributed by atoms with Crippen molar-refractivity contribution in [2.75, 3.05) is 26.2 Å². The van der Waals surface area contributed by atoms with Gasteiger partial charge in [0.1, 0.15) is 0 Å². The molecule has 1 aliphatic rings. The molecule has 0 bridgehead atoms. The first-order valence-electron chi connectivity index (χ1n) is 6.95. The summed E-state index contributed by atoms with van der Waals surface area (Å²) in [4.78, 5) is 3.93. The molecule has 3 N–H and O–H groups in total. The first-order valence-corrected chi connectivity index (χ1v) is 8.39. The molecule has 7 heteroatoms. The monoisotopic (exact) mass is 298 g/mol. The van der Waals surface area contributed by atoms with Crippen LogP contribution < -0.4 is 10.5 Å². The Morgan fingerprint density at radius 2 is 1.95 bits per heavy atom. The predicted octanol–water partition coefficient (Wildman–Crippen LogP) is 0.129. The summed E-state index contributed by atoms with van der Waals surface area (Å²) in [6.07, 6.45) is 5.79. The van der Waals surface area contributed by atoms with E-state index in [4.69, 9.17) is 5.73 Å². The van der Waals surface area contributed by atoms with E-state index in [1.165, 1.54) is 4.31 Å². The number of hydrogen-bond donors (Lipinski definition) is 2. The fraction of sp³-hybridized carbons (Fsp3) is 0.615. The van der Waals surface area contributed by atoms with Crippen LogP contribution in [-0.2, 0) is 16.6 Å². The highest BCUT2D eigenvalue weighted by atomic mass is 32.2. The fourth-order valence-corrected chi connectivity index (χ4v) is 3.58. The van der Waals surface area contributed by atoms with Crippen LogP contribution >= 0.6 is 0 Å². The van der Waals surface area contributed by atoms with Crippen molar-refractivity contribution in [2.45, 2.75) is 19.3 Å². The zero-order chi connectivity index (χ0) is 14.4. The molecule has 6 nitrogen and oxygen atoms in total. The van der Waals surface area contributed by atoms with Crippen LogP contribution in [0.15, 0.2) is 24.5 Å². The van der Waals surface area contributed by atoms with Crippen molar-refractivity contribution in [3.63, 3.8) is 0 Å². The van der Waals surface area contributed by atoms with Gasteiger partial charge in [-0.05, 0) is 49.4 Å². The summed E-state index contributed by atoms with van der Waals surface area (Å²) in [6, 6.07) is 3.78. The standard InChI is InChI=1S/C13H22N4O2S/c14-11-13-4-9-17(10-5-13)20(18,19)16-8-3-12-1-6-15-7-2-12/h1-2,6-7,13,16H,3-5,8-11,14H2. The lowest BCUT2D eigenvalue weighted by Crippen LogP contribution is -2.46. The van der Waals surface area contributed by atoms with Crippen molar-refractivity contribution < 1.29 is 8.42 Å². The average Bonchev–Trinajstić information content (AvgIpc) is 2.48. The van der Waals surface area contributed by atoms with E-state index in [-0.39, 0.29) is 0 Å². The maximum atomic E-state index is 12.1. The van der Waals surface area contributed by atoms with E-state index in [0.29, 0.717) is 38.5 Å². The molecule has 0 saturated carbocycles. The molecule has 1 saturated heterocycles. The number of hydrogen-bond acceptors (Lipinski definition) is 4. The maximum absolute atomic E-state index is 12.1. The van der Waals surface area contributed by atoms with Crippen LogP contribution in [0.2, 0.25) is 0 Å². The Labute approximate surface area is 120 Å². The third-order valence-corrected chi connectivity index (χ3v) is 5.31. The van der Waals surface area contributed by atoms with Gasteiger partial charge in [-0.2, -0.15) is 12.7 Å². The molecule has 1 aromatic heterocycles. The van der Waals surface area contributed by atoms with Crippen LogP contribution in [-0.4, -0.2) is 43.9 Å². The van der Waals surface area contributed by atoms with E-state index >= 15 is 0 Å². The number of rotatable bonds is 6. The van der Waals surface area contributed by atoms with Crippen LogP contribution in [0.1, 0.15) is 18.4 Å². The Hall–Kier alpha value is -1.02. The van der Waals surface area contributed by atoms with Crippen molar-refractivity contribution in [3.05, 3.63) is 30.1 Å². The van der Waals surface area contributed by atoms with E-state index < -0.39 is 10.2 Å². The van der Waals surface area contributed by atoms with Gasteiger partial charge in [0.2, 0.25) is 0 Å². The molecular weight excluding hydrogens is 276 g/mol. The topological polar surface area (TPSA) is 88.3 Å². The van der Waals surface area contributed by atoms with Gasteiger partial charge in [-0.3, -0.25) is 4.98 Å². The van der Waals surface area contributed by atoms with Gasteiger partial charge < -0.3 is 5.73 Å². The molecule has 2 heterocycles. The molecule has 0 aliphatic carbocycles. The highest BCUT2D eigenvalue weighted by Gasteiger charge is 2.26. The minimum Gasteiger partial charge on any atom is -0.330 e. The first kappa shape index (κ1) is 15.4. The molecule has 0 aromatic carbocycles. The molecule has 0 radical (unpaired) electrons. The van der Waals surface area contributed by atoms with Crippen molar-refractivity contribution in [1.29, 1.82) is 0 Å². The highest BCUT2D eigenvalue weighted by Crippen LogP contribution is 2.17. The van der Waals surface area contributed by atoms with Crippen LogP contribution in [0.4, 0.5) is 0 Å².